The van der Waals surface area contributed by atoms with Crippen LogP contribution in [-0.2, 0) is 11.2 Å². The maximum atomic E-state index is 13.4. The third-order valence-corrected chi connectivity index (χ3v) is 2.55. The van der Waals surface area contributed by atoms with E-state index in [1.54, 1.807) is 13.0 Å². The molecule has 1 unspecified atom stereocenters. The summed E-state index contributed by atoms with van der Waals surface area (Å²) in [7, 11) is 0. The molecule has 104 valence electrons. The first-order chi connectivity index (χ1) is 9.04. The number of halogens is 2. The number of hydrogen-bond donors (Lipinski definition) is 2. The summed E-state index contributed by atoms with van der Waals surface area (Å²) in [5, 5.41) is 5.52. The number of carbonyl (C=O) groups is 1. The topological polar surface area (TPSA) is 41.1 Å². The summed E-state index contributed by atoms with van der Waals surface area (Å²) < 4.78 is 26.8. The molecular formula is C14H18F2N2O. The normalized spacial score (nSPS) is 11.9. The van der Waals surface area contributed by atoms with Crippen molar-refractivity contribution in [3.8, 4) is 0 Å². The van der Waals surface area contributed by atoms with Crippen molar-refractivity contribution in [1.29, 1.82) is 0 Å². The van der Waals surface area contributed by atoms with Gasteiger partial charge in [0.2, 0.25) is 5.91 Å². The monoisotopic (exact) mass is 268 g/mol. The van der Waals surface area contributed by atoms with Crippen LogP contribution >= 0.6 is 0 Å². The second-order valence-electron chi connectivity index (χ2n) is 4.29. The Kier molecular flexibility index (Phi) is 6.15. The number of rotatable bonds is 7. The Morgan fingerprint density at radius 3 is 2.63 bits per heavy atom. The number of benzene rings is 1. The van der Waals surface area contributed by atoms with E-state index in [1.165, 1.54) is 18.2 Å². The van der Waals surface area contributed by atoms with Gasteiger partial charge in [-0.05, 0) is 25.5 Å². The van der Waals surface area contributed by atoms with Crippen LogP contribution in [-0.4, -0.2) is 25.0 Å². The summed E-state index contributed by atoms with van der Waals surface area (Å²) in [6.45, 7) is 5.90. The zero-order chi connectivity index (χ0) is 14.3. The Labute approximate surface area is 111 Å². The van der Waals surface area contributed by atoms with Gasteiger partial charge >= 0.3 is 0 Å². The van der Waals surface area contributed by atoms with Crippen molar-refractivity contribution < 1.29 is 13.6 Å². The molecule has 1 aromatic rings. The second-order valence-corrected chi connectivity index (χ2v) is 4.29. The zero-order valence-corrected chi connectivity index (χ0v) is 10.9. The molecule has 0 saturated carbocycles. The average molecular weight is 268 g/mol. The van der Waals surface area contributed by atoms with Crippen molar-refractivity contribution in [3.05, 3.63) is 48.1 Å². The summed E-state index contributed by atoms with van der Waals surface area (Å²) in [6, 6.07) is 3.39. The van der Waals surface area contributed by atoms with Crippen LogP contribution in [0.1, 0.15) is 12.5 Å². The molecule has 5 heteroatoms. The first-order valence-electron chi connectivity index (χ1n) is 6.08. The van der Waals surface area contributed by atoms with Gasteiger partial charge in [0.05, 0.1) is 6.54 Å². The number of nitrogens with one attached hydrogen (secondary N) is 2. The quantitative estimate of drug-likeness (QED) is 0.585. The Morgan fingerprint density at radius 2 is 2.05 bits per heavy atom. The lowest BCUT2D eigenvalue weighted by molar-refractivity contribution is -0.120. The molecule has 19 heavy (non-hydrogen) atoms. The second kappa shape index (κ2) is 7.63. The van der Waals surface area contributed by atoms with E-state index in [-0.39, 0.29) is 30.5 Å². The highest BCUT2D eigenvalue weighted by molar-refractivity contribution is 5.78. The standard InChI is InChI=1S/C14H18F2N2O/c1-3-7-17-9-14(19)18-10(2)8-11-12(15)5-4-6-13(11)16/h3-6,10,17H,1,7-9H2,2H3,(H,18,19). The fraction of sp³-hybridized carbons (Fsp3) is 0.357. The average Bonchev–Trinajstić information content (AvgIpc) is 2.34. The van der Waals surface area contributed by atoms with Crippen LogP contribution in [0.4, 0.5) is 8.78 Å². The maximum Gasteiger partial charge on any atom is 0.234 e. The van der Waals surface area contributed by atoms with Crippen molar-refractivity contribution in [2.75, 3.05) is 13.1 Å². The van der Waals surface area contributed by atoms with E-state index in [0.717, 1.165) is 0 Å². The van der Waals surface area contributed by atoms with E-state index in [0.29, 0.717) is 6.54 Å². The van der Waals surface area contributed by atoms with Crippen LogP contribution in [0.2, 0.25) is 0 Å². The van der Waals surface area contributed by atoms with E-state index < -0.39 is 11.6 Å². The first-order valence-corrected chi connectivity index (χ1v) is 6.08. The van der Waals surface area contributed by atoms with E-state index in [2.05, 4.69) is 17.2 Å². The largest absolute Gasteiger partial charge is 0.352 e. The SMILES string of the molecule is C=CCNCC(=O)NC(C)Cc1c(F)cccc1F. The molecule has 0 aliphatic heterocycles. The molecule has 0 radical (unpaired) electrons. The molecular weight excluding hydrogens is 250 g/mol. The van der Waals surface area contributed by atoms with Gasteiger partial charge in [0, 0.05) is 18.2 Å². The molecule has 1 rings (SSSR count). The Hall–Kier alpha value is -1.75. The third-order valence-electron chi connectivity index (χ3n) is 2.55. The lowest BCUT2D eigenvalue weighted by atomic mass is 10.1. The van der Waals surface area contributed by atoms with Crippen molar-refractivity contribution in [3.63, 3.8) is 0 Å². The van der Waals surface area contributed by atoms with Crippen molar-refractivity contribution in [1.82, 2.24) is 10.6 Å². The van der Waals surface area contributed by atoms with E-state index in [9.17, 15) is 13.6 Å². The molecule has 0 aliphatic carbocycles. The van der Waals surface area contributed by atoms with Crippen molar-refractivity contribution >= 4 is 5.91 Å². The molecule has 3 nitrogen and oxygen atoms in total. The van der Waals surface area contributed by atoms with Crippen LogP contribution in [0.25, 0.3) is 0 Å². The minimum Gasteiger partial charge on any atom is -0.352 e. The minimum absolute atomic E-state index is 0.00523. The molecule has 0 spiro atoms. The molecule has 0 fully saturated rings. The summed E-state index contributed by atoms with van der Waals surface area (Å²) in [5.41, 5.74) is -0.00523. The number of carbonyl (C=O) groups excluding carboxylic acids is 1. The molecule has 0 bridgehead atoms. The summed E-state index contributed by atoms with van der Waals surface area (Å²) in [4.78, 5) is 11.5. The van der Waals surface area contributed by atoms with Crippen molar-refractivity contribution in [2.45, 2.75) is 19.4 Å². The van der Waals surface area contributed by atoms with Crippen LogP contribution in [0, 0.1) is 11.6 Å². The predicted molar refractivity (Wildman–Crippen MR) is 70.7 cm³/mol. The predicted octanol–water partition coefficient (Wildman–Crippen LogP) is 1.79. The first kappa shape index (κ1) is 15.3. The highest BCUT2D eigenvalue weighted by Gasteiger charge is 2.13. The van der Waals surface area contributed by atoms with Crippen LogP contribution in [0.15, 0.2) is 30.9 Å². The Morgan fingerprint density at radius 1 is 1.42 bits per heavy atom. The molecule has 1 aromatic carbocycles. The van der Waals surface area contributed by atoms with Gasteiger partial charge in [-0.15, -0.1) is 6.58 Å². The van der Waals surface area contributed by atoms with Gasteiger partial charge in [-0.25, -0.2) is 8.78 Å². The molecule has 0 aliphatic rings. The zero-order valence-electron chi connectivity index (χ0n) is 10.9. The van der Waals surface area contributed by atoms with Crippen LogP contribution in [0.5, 0.6) is 0 Å². The van der Waals surface area contributed by atoms with Gasteiger partial charge in [-0.1, -0.05) is 12.1 Å². The van der Waals surface area contributed by atoms with Crippen molar-refractivity contribution in [2.24, 2.45) is 0 Å². The summed E-state index contributed by atoms with van der Waals surface area (Å²) in [6.07, 6.45) is 1.76. The Balaban J connectivity index is 2.48. The molecule has 0 heterocycles. The minimum atomic E-state index is -0.592. The molecule has 0 saturated heterocycles. The van der Waals surface area contributed by atoms with E-state index in [4.69, 9.17) is 0 Å². The maximum absolute atomic E-state index is 13.4. The van der Waals surface area contributed by atoms with Crippen LogP contribution in [0.3, 0.4) is 0 Å². The smallest absolute Gasteiger partial charge is 0.234 e. The van der Waals surface area contributed by atoms with Crippen LogP contribution < -0.4 is 10.6 Å². The molecule has 1 atom stereocenters. The molecule has 1 amide bonds. The van der Waals surface area contributed by atoms with Gasteiger partial charge in [-0.3, -0.25) is 4.79 Å². The lowest BCUT2D eigenvalue weighted by Crippen LogP contribution is -2.40. The molecule has 2 N–H and O–H groups in total. The highest BCUT2D eigenvalue weighted by atomic mass is 19.1. The van der Waals surface area contributed by atoms with E-state index in [1.807, 2.05) is 0 Å². The third kappa shape index (κ3) is 5.18. The van der Waals surface area contributed by atoms with Gasteiger partial charge in [0.25, 0.3) is 0 Å². The van der Waals surface area contributed by atoms with Gasteiger partial charge in [0.1, 0.15) is 11.6 Å². The molecule has 0 aromatic heterocycles. The van der Waals surface area contributed by atoms with Gasteiger partial charge in [0.15, 0.2) is 0 Å². The highest BCUT2D eigenvalue weighted by Crippen LogP contribution is 2.13. The fourth-order valence-corrected chi connectivity index (χ4v) is 1.70. The number of hydrogen-bond acceptors (Lipinski definition) is 2. The Bertz CT molecular complexity index is 429. The summed E-state index contributed by atoms with van der Waals surface area (Å²) >= 11 is 0. The summed E-state index contributed by atoms with van der Waals surface area (Å²) in [5.74, 6) is -1.40. The van der Waals surface area contributed by atoms with E-state index >= 15 is 0 Å². The van der Waals surface area contributed by atoms with Gasteiger partial charge in [-0.2, -0.15) is 0 Å². The lowest BCUT2D eigenvalue weighted by Gasteiger charge is -2.15. The van der Waals surface area contributed by atoms with Gasteiger partial charge < -0.3 is 10.6 Å². The number of amides is 1. The fourth-order valence-electron chi connectivity index (χ4n) is 1.70.